The molecule has 162 valence electrons. The van der Waals surface area contributed by atoms with Gasteiger partial charge in [0.15, 0.2) is 0 Å². The standard InChI is InChI=1S/C22H27ClN2O5/c1-22(2,3)30-19(26)15-28-13-7-10-18-20(17(23)11-12-24-18)25-21(27)29-14-16-8-5-4-6-9-16/h4-6,8-9,11-12H,7,10,13-15H2,1-3H3,(H,25,27). The molecule has 1 N–H and O–H groups in total. The Morgan fingerprint density at radius 3 is 2.57 bits per heavy atom. The molecule has 0 saturated carbocycles. The first-order valence-corrected chi connectivity index (χ1v) is 10.0. The summed E-state index contributed by atoms with van der Waals surface area (Å²) in [6.07, 6.45) is 2.04. The van der Waals surface area contributed by atoms with E-state index in [1.807, 2.05) is 30.3 Å². The molecule has 7 nitrogen and oxygen atoms in total. The van der Waals surface area contributed by atoms with Crippen molar-refractivity contribution >= 4 is 29.4 Å². The van der Waals surface area contributed by atoms with Crippen LogP contribution in [0.1, 0.15) is 38.4 Å². The number of ether oxygens (including phenoxy) is 3. The van der Waals surface area contributed by atoms with E-state index in [1.165, 1.54) is 0 Å². The molecule has 0 aliphatic rings. The van der Waals surface area contributed by atoms with Crippen molar-refractivity contribution in [3.8, 4) is 0 Å². The van der Waals surface area contributed by atoms with Gasteiger partial charge in [-0.05, 0) is 45.2 Å². The molecule has 1 aromatic carbocycles. The Bertz CT molecular complexity index is 837. The van der Waals surface area contributed by atoms with Gasteiger partial charge in [-0.3, -0.25) is 10.3 Å². The van der Waals surface area contributed by atoms with Crippen LogP contribution in [0.5, 0.6) is 0 Å². The molecule has 0 aliphatic carbocycles. The zero-order valence-corrected chi connectivity index (χ0v) is 18.2. The third kappa shape index (κ3) is 8.80. The van der Waals surface area contributed by atoms with E-state index < -0.39 is 17.7 Å². The SMILES string of the molecule is CC(C)(C)OC(=O)COCCCc1nccc(Cl)c1NC(=O)OCc1ccccc1. The molecular formula is C22H27ClN2O5. The van der Waals surface area contributed by atoms with E-state index in [1.54, 1.807) is 33.0 Å². The zero-order valence-electron chi connectivity index (χ0n) is 17.4. The highest BCUT2D eigenvalue weighted by molar-refractivity contribution is 6.33. The minimum atomic E-state index is -0.615. The van der Waals surface area contributed by atoms with Gasteiger partial charge in [-0.2, -0.15) is 0 Å². The highest BCUT2D eigenvalue weighted by atomic mass is 35.5. The quantitative estimate of drug-likeness (QED) is 0.451. The molecule has 1 aromatic heterocycles. The number of pyridine rings is 1. The lowest BCUT2D eigenvalue weighted by atomic mass is 10.2. The van der Waals surface area contributed by atoms with Crippen LogP contribution in [0, 0.1) is 0 Å². The van der Waals surface area contributed by atoms with Crippen LogP contribution in [0.3, 0.4) is 0 Å². The number of anilines is 1. The van der Waals surface area contributed by atoms with Crippen LogP contribution in [-0.4, -0.2) is 35.9 Å². The molecule has 0 radical (unpaired) electrons. The summed E-state index contributed by atoms with van der Waals surface area (Å²) in [6, 6.07) is 11.0. The van der Waals surface area contributed by atoms with Crippen LogP contribution in [-0.2, 0) is 32.0 Å². The molecule has 0 saturated heterocycles. The predicted octanol–water partition coefficient (Wildman–Crippen LogP) is 4.77. The molecule has 0 fully saturated rings. The lowest BCUT2D eigenvalue weighted by molar-refractivity contribution is -0.160. The maximum absolute atomic E-state index is 12.2. The number of nitrogens with one attached hydrogen (secondary N) is 1. The number of carbonyl (C=O) groups is 2. The van der Waals surface area contributed by atoms with Gasteiger partial charge in [-0.25, -0.2) is 9.59 Å². The fourth-order valence-electron chi connectivity index (χ4n) is 2.53. The number of rotatable bonds is 9. The normalized spacial score (nSPS) is 11.1. The molecule has 30 heavy (non-hydrogen) atoms. The van der Waals surface area contributed by atoms with E-state index in [0.29, 0.717) is 35.9 Å². The summed E-state index contributed by atoms with van der Waals surface area (Å²) in [7, 11) is 0. The lowest BCUT2D eigenvalue weighted by Crippen LogP contribution is -2.26. The molecule has 1 amide bonds. The fourth-order valence-corrected chi connectivity index (χ4v) is 2.74. The van der Waals surface area contributed by atoms with Gasteiger partial charge < -0.3 is 14.2 Å². The summed E-state index contributed by atoms with van der Waals surface area (Å²) in [6.45, 7) is 5.78. The van der Waals surface area contributed by atoms with Crippen molar-refractivity contribution in [2.24, 2.45) is 0 Å². The van der Waals surface area contributed by atoms with Gasteiger partial charge in [0.2, 0.25) is 0 Å². The summed E-state index contributed by atoms with van der Waals surface area (Å²) in [5.41, 5.74) is 1.36. The Hall–Kier alpha value is -2.64. The molecule has 0 atom stereocenters. The number of hydrogen-bond donors (Lipinski definition) is 1. The number of nitrogens with zero attached hydrogens (tertiary/aromatic N) is 1. The van der Waals surface area contributed by atoms with Gasteiger partial charge in [0.1, 0.15) is 18.8 Å². The minimum absolute atomic E-state index is 0.114. The third-order valence-electron chi connectivity index (χ3n) is 3.76. The van der Waals surface area contributed by atoms with E-state index in [4.69, 9.17) is 25.8 Å². The van der Waals surface area contributed by atoms with E-state index in [2.05, 4.69) is 10.3 Å². The van der Waals surface area contributed by atoms with E-state index in [0.717, 1.165) is 5.56 Å². The van der Waals surface area contributed by atoms with Gasteiger partial charge in [-0.1, -0.05) is 41.9 Å². The second-order valence-corrected chi connectivity index (χ2v) is 7.95. The lowest BCUT2D eigenvalue weighted by Gasteiger charge is -2.19. The molecule has 0 bridgehead atoms. The van der Waals surface area contributed by atoms with Crippen molar-refractivity contribution < 1.29 is 23.8 Å². The van der Waals surface area contributed by atoms with E-state index in [-0.39, 0.29) is 13.2 Å². The highest BCUT2D eigenvalue weighted by Crippen LogP contribution is 2.25. The Balaban J connectivity index is 1.81. The number of amides is 1. The molecule has 2 rings (SSSR count). The average molecular weight is 435 g/mol. The van der Waals surface area contributed by atoms with Crippen molar-refractivity contribution in [3.63, 3.8) is 0 Å². The van der Waals surface area contributed by atoms with E-state index >= 15 is 0 Å². The molecule has 0 spiro atoms. The van der Waals surface area contributed by atoms with Crippen molar-refractivity contribution in [3.05, 3.63) is 58.9 Å². The van der Waals surface area contributed by atoms with E-state index in [9.17, 15) is 9.59 Å². The van der Waals surface area contributed by atoms with Gasteiger partial charge in [-0.15, -0.1) is 0 Å². The average Bonchev–Trinajstić information content (AvgIpc) is 2.68. The van der Waals surface area contributed by atoms with Crippen LogP contribution in [0.25, 0.3) is 0 Å². The zero-order chi connectivity index (χ0) is 22.0. The summed E-state index contributed by atoms with van der Waals surface area (Å²) < 4.78 is 15.8. The summed E-state index contributed by atoms with van der Waals surface area (Å²) in [4.78, 5) is 28.1. The number of esters is 1. The van der Waals surface area contributed by atoms with Gasteiger partial charge in [0.05, 0.1) is 16.4 Å². The van der Waals surface area contributed by atoms with Crippen LogP contribution in [0.2, 0.25) is 5.02 Å². The van der Waals surface area contributed by atoms with Crippen molar-refractivity contribution in [2.75, 3.05) is 18.5 Å². The minimum Gasteiger partial charge on any atom is -0.458 e. The first-order chi connectivity index (χ1) is 14.2. The van der Waals surface area contributed by atoms with Crippen molar-refractivity contribution in [2.45, 2.75) is 45.8 Å². The number of hydrogen-bond acceptors (Lipinski definition) is 6. The first kappa shape index (κ1) is 23.6. The Labute approximate surface area is 181 Å². The molecule has 2 aromatic rings. The Morgan fingerprint density at radius 1 is 1.13 bits per heavy atom. The van der Waals surface area contributed by atoms with Gasteiger partial charge >= 0.3 is 12.1 Å². The molecule has 0 unspecified atom stereocenters. The highest BCUT2D eigenvalue weighted by Gasteiger charge is 2.16. The molecule has 8 heteroatoms. The van der Waals surface area contributed by atoms with Gasteiger partial charge in [0, 0.05) is 12.8 Å². The van der Waals surface area contributed by atoms with Crippen LogP contribution in [0.4, 0.5) is 10.5 Å². The van der Waals surface area contributed by atoms with Gasteiger partial charge in [0.25, 0.3) is 0 Å². The topological polar surface area (TPSA) is 86.8 Å². The number of benzene rings is 1. The molecule has 0 aliphatic heterocycles. The molecule has 1 heterocycles. The summed E-state index contributed by atoms with van der Waals surface area (Å²) >= 11 is 6.23. The summed E-state index contributed by atoms with van der Waals surface area (Å²) in [5.74, 6) is -0.410. The summed E-state index contributed by atoms with van der Waals surface area (Å²) in [5, 5.41) is 3.03. The third-order valence-corrected chi connectivity index (χ3v) is 4.08. The van der Waals surface area contributed by atoms with Crippen molar-refractivity contribution in [1.82, 2.24) is 4.98 Å². The maximum Gasteiger partial charge on any atom is 0.412 e. The monoisotopic (exact) mass is 434 g/mol. The second kappa shape index (κ2) is 11.5. The second-order valence-electron chi connectivity index (χ2n) is 7.54. The number of halogens is 1. The number of carbonyl (C=O) groups excluding carboxylic acids is 2. The largest absolute Gasteiger partial charge is 0.458 e. The van der Waals surface area contributed by atoms with Crippen LogP contribution < -0.4 is 5.32 Å². The maximum atomic E-state index is 12.2. The van der Waals surface area contributed by atoms with Crippen molar-refractivity contribution in [1.29, 1.82) is 0 Å². The molecular weight excluding hydrogens is 408 g/mol. The predicted molar refractivity (Wildman–Crippen MR) is 114 cm³/mol. The van der Waals surface area contributed by atoms with Crippen LogP contribution in [0.15, 0.2) is 42.6 Å². The number of aryl methyl sites for hydroxylation is 1. The smallest absolute Gasteiger partial charge is 0.412 e. The Morgan fingerprint density at radius 2 is 1.87 bits per heavy atom. The Kier molecular flexibility index (Phi) is 9.08. The first-order valence-electron chi connectivity index (χ1n) is 9.65. The fraction of sp³-hybridized carbons (Fsp3) is 0.409. The number of aromatic nitrogens is 1. The van der Waals surface area contributed by atoms with Crippen LogP contribution >= 0.6 is 11.6 Å².